The van der Waals surface area contributed by atoms with Gasteiger partial charge in [-0.3, -0.25) is 9.52 Å². The van der Waals surface area contributed by atoms with Crippen LogP contribution in [0.15, 0.2) is 35.4 Å². The SMILES string of the molecule is COc1ccc(OC)c(NS(=O)(=O)c2cc3n(c2)CCCNC3=O)c1. The molecule has 0 atom stereocenters. The molecule has 0 unspecified atom stereocenters. The number of carbonyl (C=O) groups excluding carboxylic acids is 1. The highest BCUT2D eigenvalue weighted by atomic mass is 32.2. The number of nitrogens with zero attached hydrogens (tertiary/aromatic N) is 1. The van der Waals surface area contributed by atoms with Crippen LogP contribution in [0.5, 0.6) is 11.5 Å². The smallest absolute Gasteiger partial charge is 0.267 e. The highest BCUT2D eigenvalue weighted by Crippen LogP contribution is 2.31. The predicted molar refractivity (Wildman–Crippen MR) is 91.7 cm³/mol. The molecule has 2 aromatic rings. The number of nitrogens with one attached hydrogen (secondary N) is 2. The van der Waals surface area contributed by atoms with Crippen LogP contribution in [0.2, 0.25) is 0 Å². The van der Waals surface area contributed by atoms with Crippen molar-refractivity contribution >= 4 is 21.6 Å². The van der Waals surface area contributed by atoms with Crippen LogP contribution < -0.4 is 19.5 Å². The molecular formula is C16H19N3O5S. The Hall–Kier alpha value is -2.68. The Balaban J connectivity index is 1.96. The van der Waals surface area contributed by atoms with E-state index in [1.807, 2.05) is 0 Å². The van der Waals surface area contributed by atoms with Gasteiger partial charge >= 0.3 is 0 Å². The molecule has 1 aliphatic heterocycles. The Kier molecular flexibility index (Phi) is 4.58. The molecule has 3 rings (SSSR count). The van der Waals surface area contributed by atoms with Crippen LogP contribution >= 0.6 is 0 Å². The van der Waals surface area contributed by atoms with Crippen LogP contribution in [-0.4, -0.2) is 39.7 Å². The van der Waals surface area contributed by atoms with Crippen molar-refractivity contribution in [2.24, 2.45) is 0 Å². The van der Waals surface area contributed by atoms with Crippen LogP contribution in [-0.2, 0) is 16.6 Å². The summed E-state index contributed by atoms with van der Waals surface area (Å²) in [7, 11) is -0.948. The lowest BCUT2D eigenvalue weighted by atomic mass is 10.3. The van der Waals surface area contributed by atoms with Gasteiger partial charge in [-0.2, -0.15) is 0 Å². The van der Waals surface area contributed by atoms with Crippen LogP contribution in [0.1, 0.15) is 16.9 Å². The number of fused-ring (bicyclic) bond motifs is 1. The minimum absolute atomic E-state index is 0.0180. The van der Waals surface area contributed by atoms with Crippen molar-refractivity contribution in [3.05, 3.63) is 36.2 Å². The maximum Gasteiger partial charge on any atom is 0.267 e. The molecule has 0 fully saturated rings. The second-order valence-corrected chi connectivity index (χ2v) is 7.22. The molecule has 1 amide bonds. The van der Waals surface area contributed by atoms with E-state index < -0.39 is 10.0 Å². The fraction of sp³-hybridized carbons (Fsp3) is 0.312. The molecule has 0 saturated carbocycles. The summed E-state index contributed by atoms with van der Waals surface area (Å²) < 4.78 is 39.9. The van der Waals surface area contributed by atoms with E-state index in [1.165, 1.54) is 32.5 Å². The molecule has 0 saturated heterocycles. The highest BCUT2D eigenvalue weighted by molar-refractivity contribution is 7.92. The van der Waals surface area contributed by atoms with Crippen molar-refractivity contribution in [2.45, 2.75) is 17.9 Å². The number of sulfonamides is 1. The number of anilines is 1. The summed E-state index contributed by atoms with van der Waals surface area (Å²) in [5.74, 6) is 0.575. The van der Waals surface area contributed by atoms with Crippen molar-refractivity contribution in [3.63, 3.8) is 0 Å². The van der Waals surface area contributed by atoms with Crippen molar-refractivity contribution in [2.75, 3.05) is 25.5 Å². The quantitative estimate of drug-likeness (QED) is 0.835. The van der Waals surface area contributed by atoms with Crippen LogP contribution in [0.3, 0.4) is 0 Å². The van der Waals surface area contributed by atoms with Gasteiger partial charge in [0.15, 0.2) is 0 Å². The minimum Gasteiger partial charge on any atom is -0.497 e. The van der Waals surface area contributed by atoms with Crippen molar-refractivity contribution in [1.29, 1.82) is 0 Å². The van der Waals surface area contributed by atoms with Crippen molar-refractivity contribution in [1.82, 2.24) is 9.88 Å². The second-order valence-electron chi connectivity index (χ2n) is 5.54. The van der Waals surface area contributed by atoms with E-state index in [-0.39, 0.29) is 16.5 Å². The standard InChI is InChI=1S/C16H19N3O5S/c1-23-11-4-5-15(24-2)13(8-11)18-25(21,22)12-9-14-16(20)17-6-3-7-19(14)10-12/h4-5,8-10,18H,3,6-7H2,1-2H3,(H,17,20). The zero-order valence-corrected chi connectivity index (χ0v) is 14.7. The summed E-state index contributed by atoms with van der Waals surface area (Å²) in [5.41, 5.74) is 0.586. The van der Waals surface area contributed by atoms with E-state index >= 15 is 0 Å². The molecule has 0 bridgehead atoms. The Morgan fingerprint density at radius 1 is 1.20 bits per heavy atom. The number of aryl methyl sites for hydroxylation is 1. The number of hydrogen-bond acceptors (Lipinski definition) is 5. The average molecular weight is 365 g/mol. The first-order valence-electron chi connectivity index (χ1n) is 7.68. The summed E-state index contributed by atoms with van der Waals surface area (Å²) >= 11 is 0. The summed E-state index contributed by atoms with van der Waals surface area (Å²) in [6, 6.07) is 6.18. The number of rotatable bonds is 5. The topological polar surface area (TPSA) is 98.7 Å². The van der Waals surface area contributed by atoms with E-state index in [4.69, 9.17) is 9.47 Å². The second kappa shape index (κ2) is 6.67. The third-order valence-corrected chi connectivity index (χ3v) is 5.26. The summed E-state index contributed by atoms with van der Waals surface area (Å²) in [6.45, 7) is 1.15. The molecule has 1 aromatic carbocycles. The van der Waals surface area contributed by atoms with Crippen molar-refractivity contribution in [3.8, 4) is 11.5 Å². The molecule has 25 heavy (non-hydrogen) atoms. The molecule has 134 valence electrons. The maximum atomic E-state index is 12.7. The third-order valence-electron chi connectivity index (χ3n) is 3.93. The van der Waals surface area contributed by atoms with Gasteiger partial charge in [0.05, 0.1) is 19.9 Å². The van der Waals surface area contributed by atoms with Gasteiger partial charge in [0, 0.05) is 25.4 Å². The van der Waals surface area contributed by atoms with Gasteiger partial charge in [0.2, 0.25) is 0 Å². The maximum absolute atomic E-state index is 12.7. The van der Waals surface area contributed by atoms with E-state index in [9.17, 15) is 13.2 Å². The van der Waals surface area contributed by atoms with Gasteiger partial charge in [-0.25, -0.2) is 8.42 Å². The first kappa shape index (κ1) is 17.2. The van der Waals surface area contributed by atoms with E-state index in [0.29, 0.717) is 30.3 Å². The summed E-state index contributed by atoms with van der Waals surface area (Å²) in [5, 5.41) is 2.74. The first-order valence-corrected chi connectivity index (χ1v) is 9.16. The molecule has 2 heterocycles. The van der Waals surface area contributed by atoms with Crippen molar-refractivity contribution < 1.29 is 22.7 Å². The largest absolute Gasteiger partial charge is 0.497 e. The number of amides is 1. The molecule has 1 aliphatic rings. The number of benzene rings is 1. The molecule has 9 heteroatoms. The van der Waals surface area contributed by atoms with Gasteiger partial charge in [-0.05, 0) is 24.6 Å². The number of carbonyl (C=O) groups is 1. The summed E-state index contributed by atoms with van der Waals surface area (Å²) in [4.78, 5) is 12.0. The fourth-order valence-electron chi connectivity index (χ4n) is 2.65. The zero-order valence-electron chi connectivity index (χ0n) is 13.9. The van der Waals surface area contributed by atoms with E-state index in [1.54, 1.807) is 16.7 Å². The number of methoxy groups -OCH3 is 2. The van der Waals surface area contributed by atoms with E-state index in [2.05, 4.69) is 10.0 Å². The molecule has 2 N–H and O–H groups in total. The highest BCUT2D eigenvalue weighted by Gasteiger charge is 2.24. The van der Waals surface area contributed by atoms with Gasteiger partial charge in [0.1, 0.15) is 22.1 Å². The molecular weight excluding hydrogens is 346 g/mol. The Morgan fingerprint density at radius 3 is 2.72 bits per heavy atom. The van der Waals surface area contributed by atoms with Gasteiger partial charge in [-0.15, -0.1) is 0 Å². The van der Waals surface area contributed by atoms with Crippen LogP contribution in [0.25, 0.3) is 0 Å². The van der Waals surface area contributed by atoms with Gasteiger partial charge in [0.25, 0.3) is 15.9 Å². The van der Waals surface area contributed by atoms with Gasteiger partial charge in [-0.1, -0.05) is 0 Å². The first-order chi connectivity index (χ1) is 11.9. The molecule has 8 nitrogen and oxygen atoms in total. The summed E-state index contributed by atoms with van der Waals surface area (Å²) in [6.07, 6.45) is 2.21. The molecule has 1 aromatic heterocycles. The normalized spacial score (nSPS) is 14.2. The monoisotopic (exact) mass is 365 g/mol. The number of aromatic nitrogens is 1. The lowest BCUT2D eigenvalue weighted by Gasteiger charge is -2.12. The van der Waals surface area contributed by atoms with E-state index in [0.717, 1.165) is 6.42 Å². The zero-order chi connectivity index (χ0) is 18.0. The third kappa shape index (κ3) is 3.41. The average Bonchev–Trinajstić information content (AvgIpc) is 2.96. The van der Waals surface area contributed by atoms with Crippen LogP contribution in [0, 0.1) is 0 Å². The lowest BCUT2D eigenvalue weighted by molar-refractivity contribution is 0.0951. The lowest BCUT2D eigenvalue weighted by Crippen LogP contribution is -2.22. The molecule has 0 radical (unpaired) electrons. The Labute approximate surface area is 145 Å². The number of hydrogen-bond donors (Lipinski definition) is 2. The molecule has 0 aliphatic carbocycles. The number of ether oxygens (including phenoxy) is 2. The van der Waals surface area contributed by atoms with Gasteiger partial charge < -0.3 is 19.4 Å². The molecule has 0 spiro atoms. The Morgan fingerprint density at radius 2 is 2.00 bits per heavy atom. The Bertz CT molecular complexity index is 904. The fourth-order valence-corrected chi connectivity index (χ4v) is 3.75. The van der Waals surface area contributed by atoms with Crippen LogP contribution in [0.4, 0.5) is 5.69 Å². The predicted octanol–water partition coefficient (Wildman–Crippen LogP) is 1.44. The minimum atomic E-state index is -3.89.